The number of rotatable bonds is 23. The molecule has 1 aromatic carbocycles. The van der Waals surface area contributed by atoms with Gasteiger partial charge in [-0.2, -0.15) is 0 Å². The maximum atomic E-state index is 13.5. The smallest absolute Gasteiger partial charge is 0.410 e. The Morgan fingerprint density at radius 3 is 2.46 bits per heavy atom. The fraction of sp³-hybridized carbons (Fsp3) is 0.532. The Hall–Kier alpha value is -6.09. The highest BCUT2D eigenvalue weighted by Gasteiger charge is 2.50. The summed E-state index contributed by atoms with van der Waals surface area (Å²) in [6.45, 7) is 13.2. The quantitative estimate of drug-likeness (QED) is 0.0218. The van der Waals surface area contributed by atoms with Crippen LogP contribution in [-0.2, 0) is 56.6 Å². The van der Waals surface area contributed by atoms with Crippen LogP contribution in [0.2, 0.25) is 0 Å². The third kappa shape index (κ3) is 13.5. The van der Waals surface area contributed by atoms with Gasteiger partial charge in [0, 0.05) is 42.7 Å². The van der Waals surface area contributed by atoms with E-state index in [-0.39, 0.29) is 37.8 Å². The lowest BCUT2D eigenvalue weighted by atomic mass is 9.84. The number of allylic oxidation sites excluding steroid dienone is 1. The van der Waals surface area contributed by atoms with Gasteiger partial charge in [-0.05, 0) is 56.9 Å². The summed E-state index contributed by atoms with van der Waals surface area (Å²) in [5.41, 5.74) is 2.19. The van der Waals surface area contributed by atoms with Crippen molar-refractivity contribution >= 4 is 86.8 Å². The van der Waals surface area contributed by atoms with Crippen molar-refractivity contribution in [3.8, 4) is 0 Å². The zero-order valence-electron chi connectivity index (χ0n) is 40.9. The van der Waals surface area contributed by atoms with E-state index in [0.717, 1.165) is 22.6 Å². The number of fused-ring (bicyclic) bond motifs is 1. The lowest BCUT2D eigenvalue weighted by molar-refractivity contribution is -0.659. The number of ether oxygens (including phenoxy) is 3. The average Bonchev–Trinajstić information content (AvgIpc) is 3.94. The van der Waals surface area contributed by atoms with Gasteiger partial charge in [-0.1, -0.05) is 65.7 Å². The molecular weight excluding hydrogens is 1040 g/mol. The standard InChI is InChI=1S/C47H64IN11O12/c1-10-17-47(48,18-11-2)30-20-33(62)59(45(30)67)19-16-32(61)54-34(25(3)4)43(66)52-26(5)41(64)53-29-14-12-28(13-15-29)22-70-46(68)58(8)27(6)42(65)55-35-31(21-60)71-44(38(69-9)37(35)63)56-40-36-39(50-23-49-36)51-24-57(40)7/h10,12-15,23-24,26-27,30-31,34-35,37-38,44,60,63H,1,3,11,16-22H2,2,4-9H3,(H5,49,50,52,53,54,55,56,61,64,65,66)/p+1/t26-,27-,30?,31-,34-,35-,37+,38-,44-,47?/m0/s1. The molecule has 0 spiro atoms. The molecule has 8 N–H and O–H groups in total. The maximum absolute atomic E-state index is 13.5. The summed E-state index contributed by atoms with van der Waals surface area (Å²) in [6, 6.07) is 1.82. The highest BCUT2D eigenvalue weighted by Crippen LogP contribution is 2.43. The van der Waals surface area contributed by atoms with Gasteiger partial charge >= 0.3 is 6.09 Å². The van der Waals surface area contributed by atoms with Crippen LogP contribution in [0.4, 0.5) is 16.3 Å². The number of aliphatic hydroxyl groups is 2. The molecule has 386 valence electrons. The Balaban J connectivity index is 1.06. The molecule has 2 aromatic heterocycles. The van der Waals surface area contributed by atoms with Crippen molar-refractivity contribution in [3.63, 3.8) is 0 Å². The number of alkyl halides is 1. The Kier molecular flexibility index (Phi) is 19.5. The summed E-state index contributed by atoms with van der Waals surface area (Å²) in [6.07, 6.45) is 1.40. The number of aromatic nitrogens is 4. The summed E-state index contributed by atoms with van der Waals surface area (Å²) < 4.78 is 18.4. The van der Waals surface area contributed by atoms with Crippen molar-refractivity contribution in [1.82, 2.24) is 40.7 Å². The van der Waals surface area contributed by atoms with Gasteiger partial charge in [0.05, 0.1) is 31.9 Å². The lowest BCUT2D eigenvalue weighted by Gasteiger charge is -2.43. The van der Waals surface area contributed by atoms with E-state index < -0.39 is 94.4 Å². The molecule has 23 nitrogen and oxygen atoms in total. The van der Waals surface area contributed by atoms with Gasteiger partial charge in [0.1, 0.15) is 43.0 Å². The van der Waals surface area contributed by atoms with Gasteiger partial charge in [-0.25, -0.2) is 14.3 Å². The molecule has 0 radical (unpaired) electrons. The number of imide groups is 1. The van der Waals surface area contributed by atoms with Crippen molar-refractivity contribution in [1.29, 1.82) is 0 Å². The molecule has 2 fully saturated rings. The zero-order chi connectivity index (χ0) is 52.3. The van der Waals surface area contributed by atoms with Gasteiger partial charge in [0.15, 0.2) is 5.52 Å². The molecule has 2 saturated heterocycles. The van der Waals surface area contributed by atoms with Gasteiger partial charge < -0.3 is 50.7 Å². The Morgan fingerprint density at radius 2 is 1.83 bits per heavy atom. The number of H-pyrrole nitrogens is 1. The third-order valence-corrected chi connectivity index (χ3v) is 14.3. The van der Waals surface area contributed by atoms with Gasteiger partial charge in [0.25, 0.3) is 11.5 Å². The second-order valence-electron chi connectivity index (χ2n) is 17.7. The molecule has 0 aliphatic carbocycles. The fourth-order valence-corrected chi connectivity index (χ4v) is 9.67. The van der Waals surface area contributed by atoms with E-state index >= 15 is 0 Å². The first-order chi connectivity index (χ1) is 33.7. The number of aliphatic hydroxyl groups excluding tert-OH is 2. The van der Waals surface area contributed by atoms with Gasteiger partial charge in [0.2, 0.25) is 48.0 Å². The summed E-state index contributed by atoms with van der Waals surface area (Å²) >= 11 is 2.25. The molecule has 0 bridgehead atoms. The van der Waals surface area contributed by atoms with E-state index in [1.54, 1.807) is 48.3 Å². The molecule has 24 heteroatoms. The van der Waals surface area contributed by atoms with E-state index in [1.165, 1.54) is 41.3 Å². The minimum Gasteiger partial charge on any atom is -0.445 e. The molecule has 71 heavy (non-hydrogen) atoms. The van der Waals surface area contributed by atoms with Crippen LogP contribution in [0.5, 0.6) is 0 Å². The monoisotopic (exact) mass is 1100 g/mol. The summed E-state index contributed by atoms with van der Waals surface area (Å²) in [5, 5.41) is 35.4. The van der Waals surface area contributed by atoms with Gasteiger partial charge in [-0.15, -0.1) is 6.58 Å². The summed E-state index contributed by atoms with van der Waals surface area (Å²) in [4.78, 5) is 106. The number of nitrogens with zero attached hydrogens (tertiary/aromatic N) is 5. The minimum absolute atomic E-state index is 0.0525. The number of anilines is 2. The number of imidazole rings is 1. The zero-order valence-corrected chi connectivity index (χ0v) is 43.1. The van der Waals surface area contributed by atoms with E-state index in [9.17, 15) is 43.8 Å². The molecule has 3 aromatic rings. The van der Waals surface area contributed by atoms with Crippen LogP contribution in [-0.4, -0.2) is 156 Å². The second-order valence-corrected chi connectivity index (χ2v) is 19.9. The van der Waals surface area contributed by atoms with E-state index in [1.807, 2.05) is 6.92 Å². The number of carbonyl (C=O) groups is 7. The first-order valence-corrected chi connectivity index (χ1v) is 24.2. The van der Waals surface area contributed by atoms with Crippen molar-refractivity contribution in [3.05, 3.63) is 67.3 Å². The number of methoxy groups -OCH3 is 1. The number of benzene rings is 1. The number of likely N-dealkylation sites (tertiary alicyclic amines) is 1. The molecular formula is C47H65IN11O12+. The van der Waals surface area contributed by atoms with E-state index in [0.29, 0.717) is 40.2 Å². The van der Waals surface area contributed by atoms with E-state index in [2.05, 4.69) is 77.3 Å². The summed E-state index contributed by atoms with van der Waals surface area (Å²) in [7, 11) is 4.47. The summed E-state index contributed by atoms with van der Waals surface area (Å²) in [5.74, 6) is -3.23. The number of aryl methyl sites for hydroxylation is 1. The number of nitrogens with one attached hydrogen (secondary N) is 6. The highest BCUT2D eigenvalue weighted by molar-refractivity contribution is 14.1. The maximum Gasteiger partial charge on any atom is 0.410 e. The van der Waals surface area contributed by atoms with Crippen LogP contribution in [0.15, 0.2) is 61.7 Å². The molecule has 0 saturated carbocycles. The van der Waals surface area contributed by atoms with Gasteiger partial charge in [-0.3, -0.25) is 43.9 Å². The first-order valence-electron chi connectivity index (χ1n) is 23.1. The van der Waals surface area contributed by atoms with Crippen molar-refractivity contribution < 1.29 is 62.6 Å². The Morgan fingerprint density at radius 1 is 1.13 bits per heavy atom. The number of amides is 7. The fourth-order valence-electron chi connectivity index (χ4n) is 8.33. The topological polar surface area (TPSA) is 300 Å². The number of aromatic amines is 1. The number of carbonyl (C=O) groups excluding carboxylic acids is 7. The Labute approximate surface area is 425 Å². The number of likely N-dealkylation sites (N-methyl/N-ethyl adjacent to an activating group) is 1. The molecule has 4 heterocycles. The largest absolute Gasteiger partial charge is 0.445 e. The van der Waals surface area contributed by atoms with Crippen molar-refractivity contribution in [2.45, 2.75) is 119 Å². The number of halogens is 1. The van der Waals surface area contributed by atoms with Crippen LogP contribution < -0.4 is 31.2 Å². The molecule has 7 amide bonds. The molecule has 2 unspecified atom stereocenters. The number of hydrogen-bond acceptors (Lipinski definition) is 15. The average molecular weight is 1100 g/mol. The van der Waals surface area contributed by atoms with Crippen LogP contribution >= 0.6 is 22.6 Å². The molecule has 5 rings (SSSR count). The lowest BCUT2D eigenvalue weighted by Crippen LogP contribution is -2.67. The number of hydrogen-bond donors (Lipinski definition) is 8. The normalized spacial score (nSPS) is 22.1. The molecule has 2 aliphatic heterocycles. The van der Waals surface area contributed by atoms with Crippen LogP contribution in [0, 0.1) is 5.92 Å². The van der Waals surface area contributed by atoms with Crippen LogP contribution in [0.1, 0.15) is 65.4 Å². The van der Waals surface area contributed by atoms with Crippen LogP contribution in [0.25, 0.3) is 11.2 Å². The van der Waals surface area contributed by atoms with Crippen molar-refractivity contribution in [2.75, 3.05) is 37.9 Å². The Bertz CT molecular complexity index is 2460. The van der Waals surface area contributed by atoms with Crippen molar-refractivity contribution in [2.24, 2.45) is 13.0 Å². The minimum atomic E-state index is -1.37. The highest BCUT2D eigenvalue weighted by atomic mass is 127. The van der Waals surface area contributed by atoms with E-state index in [4.69, 9.17) is 14.2 Å². The molecule has 10 atom stereocenters. The molecule has 2 aliphatic rings. The second kappa shape index (κ2) is 24.8. The first kappa shape index (κ1) is 55.8. The predicted molar refractivity (Wildman–Crippen MR) is 266 cm³/mol. The predicted octanol–water partition coefficient (Wildman–Crippen LogP) is 1.25. The SMILES string of the molecule is C=CCC(I)(CCC)C1CC(=O)N(CCC(=O)N[C@@H](C(=C)C)C(=O)N[C@@H](C)C(=O)Nc2ccc(COC(=O)N(C)[C@@H](C)C(=O)N[C@@H]3[C@@H](O)[C@H](OC)[C@@H](Nc4c5[nH]cnc5nc[n+]4C)O[C@H]3CO)cc2)C1=O. The third-order valence-electron chi connectivity index (χ3n) is 12.6. The van der Waals surface area contributed by atoms with Crippen LogP contribution in [0.3, 0.4) is 0 Å².